The number of urea groups is 1. The number of hydrogen-bond acceptors (Lipinski definition) is 2. The molecule has 2 aromatic rings. The quantitative estimate of drug-likeness (QED) is 0.933. The SMILES string of the molecule is Cc1ccc(F)cc1NC(=O)N(C)Cc1ccccn1. The molecular formula is C15H16FN3O. The minimum absolute atomic E-state index is 0.302. The van der Waals surface area contributed by atoms with E-state index < -0.39 is 0 Å². The monoisotopic (exact) mass is 273 g/mol. The second kappa shape index (κ2) is 6.14. The van der Waals surface area contributed by atoms with Crippen LogP contribution in [0, 0.1) is 12.7 Å². The molecule has 1 N–H and O–H groups in total. The summed E-state index contributed by atoms with van der Waals surface area (Å²) in [7, 11) is 1.67. The highest BCUT2D eigenvalue weighted by Gasteiger charge is 2.11. The Morgan fingerprint density at radius 1 is 1.35 bits per heavy atom. The van der Waals surface area contributed by atoms with Gasteiger partial charge in [-0.05, 0) is 36.8 Å². The zero-order valence-corrected chi connectivity index (χ0v) is 11.4. The number of nitrogens with zero attached hydrogens (tertiary/aromatic N) is 2. The fraction of sp³-hybridized carbons (Fsp3) is 0.200. The van der Waals surface area contributed by atoms with Gasteiger partial charge in [-0.1, -0.05) is 12.1 Å². The number of pyridine rings is 1. The maximum atomic E-state index is 13.2. The molecule has 5 heteroatoms. The Kier molecular flexibility index (Phi) is 4.30. The molecule has 0 bridgehead atoms. The largest absolute Gasteiger partial charge is 0.322 e. The van der Waals surface area contributed by atoms with Gasteiger partial charge in [0.15, 0.2) is 0 Å². The van der Waals surface area contributed by atoms with Crippen molar-refractivity contribution >= 4 is 11.7 Å². The normalized spacial score (nSPS) is 10.2. The Labute approximate surface area is 117 Å². The van der Waals surface area contributed by atoms with Crippen LogP contribution in [0.3, 0.4) is 0 Å². The number of carbonyl (C=O) groups is 1. The maximum absolute atomic E-state index is 13.2. The van der Waals surface area contributed by atoms with E-state index in [1.54, 1.807) is 19.3 Å². The van der Waals surface area contributed by atoms with Gasteiger partial charge in [0, 0.05) is 18.9 Å². The van der Waals surface area contributed by atoms with Gasteiger partial charge in [-0.3, -0.25) is 4.98 Å². The van der Waals surface area contributed by atoms with Crippen molar-refractivity contribution in [1.29, 1.82) is 0 Å². The van der Waals surface area contributed by atoms with Crippen LogP contribution in [0.2, 0.25) is 0 Å². The average molecular weight is 273 g/mol. The molecule has 0 radical (unpaired) electrons. The number of aromatic nitrogens is 1. The molecule has 2 amide bonds. The van der Waals surface area contributed by atoms with Gasteiger partial charge < -0.3 is 10.2 Å². The number of hydrogen-bond donors (Lipinski definition) is 1. The summed E-state index contributed by atoms with van der Waals surface area (Å²) in [6.07, 6.45) is 1.68. The van der Waals surface area contributed by atoms with Gasteiger partial charge >= 0.3 is 6.03 Å². The van der Waals surface area contributed by atoms with Crippen molar-refractivity contribution in [2.24, 2.45) is 0 Å². The van der Waals surface area contributed by atoms with Crippen LogP contribution in [0.15, 0.2) is 42.6 Å². The maximum Gasteiger partial charge on any atom is 0.321 e. The molecule has 1 aromatic carbocycles. The van der Waals surface area contributed by atoms with E-state index in [2.05, 4.69) is 10.3 Å². The van der Waals surface area contributed by atoms with E-state index in [1.807, 2.05) is 25.1 Å². The first-order chi connectivity index (χ1) is 9.56. The molecule has 0 saturated heterocycles. The third-order valence-corrected chi connectivity index (χ3v) is 2.91. The molecule has 0 aliphatic carbocycles. The lowest BCUT2D eigenvalue weighted by atomic mass is 10.2. The minimum Gasteiger partial charge on any atom is -0.322 e. The third kappa shape index (κ3) is 3.54. The molecule has 20 heavy (non-hydrogen) atoms. The summed E-state index contributed by atoms with van der Waals surface area (Å²) in [5.74, 6) is -0.377. The van der Waals surface area contributed by atoms with E-state index in [0.717, 1.165) is 11.3 Å². The number of nitrogens with one attached hydrogen (secondary N) is 1. The molecule has 2 rings (SSSR count). The summed E-state index contributed by atoms with van der Waals surface area (Å²) in [6, 6.07) is 9.53. The molecule has 4 nitrogen and oxygen atoms in total. The first kappa shape index (κ1) is 14.0. The Bertz CT molecular complexity index is 601. The van der Waals surface area contributed by atoms with E-state index in [4.69, 9.17) is 0 Å². The summed E-state index contributed by atoms with van der Waals surface area (Å²) in [4.78, 5) is 17.7. The van der Waals surface area contributed by atoms with Crippen LogP contribution < -0.4 is 5.32 Å². The predicted molar refractivity (Wildman–Crippen MR) is 75.9 cm³/mol. The number of benzene rings is 1. The van der Waals surface area contributed by atoms with Gasteiger partial charge in [0.1, 0.15) is 5.82 Å². The highest BCUT2D eigenvalue weighted by atomic mass is 19.1. The summed E-state index contributed by atoms with van der Waals surface area (Å²) in [6.45, 7) is 2.20. The summed E-state index contributed by atoms with van der Waals surface area (Å²) < 4.78 is 13.2. The molecule has 0 atom stereocenters. The number of carbonyl (C=O) groups excluding carboxylic acids is 1. The van der Waals surface area contributed by atoms with Crippen molar-refractivity contribution in [2.75, 3.05) is 12.4 Å². The van der Waals surface area contributed by atoms with Crippen LogP contribution in [-0.2, 0) is 6.54 Å². The van der Waals surface area contributed by atoms with Crippen LogP contribution >= 0.6 is 0 Å². The fourth-order valence-corrected chi connectivity index (χ4v) is 1.75. The van der Waals surface area contributed by atoms with Gasteiger partial charge in [0.05, 0.1) is 12.2 Å². The van der Waals surface area contributed by atoms with Crippen LogP contribution in [0.5, 0.6) is 0 Å². The van der Waals surface area contributed by atoms with E-state index in [-0.39, 0.29) is 11.8 Å². The smallest absolute Gasteiger partial charge is 0.321 e. The van der Waals surface area contributed by atoms with Crippen molar-refractivity contribution in [3.8, 4) is 0 Å². The summed E-state index contributed by atoms with van der Waals surface area (Å²) in [5.41, 5.74) is 2.08. The van der Waals surface area contributed by atoms with Gasteiger partial charge in [-0.2, -0.15) is 0 Å². The van der Waals surface area contributed by atoms with Crippen LogP contribution in [0.4, 0.5) is 14.9 Å². The molecule has 0 fully saturated rings. The number of rotatable bonds is 3. The second-order valence-electron chi connectivity index (χ2n) is 4.57. The molecule has 0 aliphatic rings. The topological polar surface area (TPSA) is 45.2 Å². The average Bonchev–Trinajstić information content (AvgIpc) is 2.44. The molecule has 0 spiro atoms. The fourth-order valence-electron chi connectivity index (χ4n) is 1.75. The molecule has 0 aliphatic heterocycles. The van der Waals surface area contributed by atoms with E-state index in [9.17, 15) is 9.18 Å². The van der Waals surface area contributed by atoms with Gasteiger partial charge in [-0.15, -0.1) is 0 Å². The van der Waals surface area contributed by atoms with E-state index in [0.29, 0.717) is 12.2 Å². The third-order valence-electron chi connectivity index (χ3n) is 2.91. The summed E-state index contributed by atoms with van der Waals surface area (Å²) >= 11 is 0. The Balaban J connectivity index is 2.02. The van der Waals surface area contributed by atoms with Crippen molar-refractivity contribution in [2.45, 2.75) is 13.5 Å². The van der Waals surface area contributed by atoms with Gasteiger partial charge in [0.25, 0.3) is 0 Å². The Morgan fingerprint density at radius 2 is 2.15 bits per heavy atom. The molecule has 0 saturated carbocycles. The van der Waals surface area contributed by atoms with Crippen molar-refractivity contribution < 1.29 is 9.18 Å². The van der Waals surface area contributed by atoms with Crippen LogP contribution in [-0.4, -0.2) is 23.0 Å². The van der Waals surface area contributed by atoms with Crippen molar-refractivity contribution in [3.05, 3.63) is 59.7 Å². The number of halogens is 1. The van der Waals surface area contributed by atoms with Crippen molar-refractivity contribution in [1.82, 2.24) is 9.88 Å². The molecule has 1 aromatic heterocycles. The second-order valence-corrected chi connectivity index (χ2v) is 4.57. The number of amides is 2. The first-order valence-corrected chi connectivity index (χ1v) is 6.24. The highest BCUT2D eigenvalue weighted by molar-refractivity contribution is 5.89. The molecular weight excluding hydrogens is 257 g/mol. The molecule has 1 heterocycles. The Morgan fingerprint density at radius 3 is 2.85 bits per heavy atom. The van der Waals surface area contributed by atoms with Crippen molar-refractivity contribution in [3.63, 3.8) is 0 Å². The zero-order valence-electron chi connectivity index (χ0n) is 11.4. The van der Waals surface area contributed by atoms with E-state index >= 15 is 0 Å². The number of anilines is 1. The van der Waals surface area contributed by atoms with E-state index in [1.165, 1.54) is 17.0 Å². The molecule has 0 unspecified atom stereocenters. The summed E-state index contributed by atoms with van der Waals surface area (Å²) in [5, 5.41) is 2.69. The molecule has 104 valence electrons. The predicted octanol–water partition coefficient (Wildman–Crippen LogP) is 3.19. The van der Waals surface area contributed by atoms with Gasteiger partial charge in [0.2, 0.25) is 0 Å². The van der Waals surface area contributed by atoms with Crippen LogP contribution in [0.1, 0.15) is 11.3 Å². The van der Waals surface area contributed by atoms with Crippen LogP contribution in [0.25, 0.3) is 0 Å². The minimum atomic E-state index is -0.377. The highest BCUT2D eigenvalue weighted by Crippen LogP contribution is 2.16. The lowest BCUT2D eigenvalue weighted by molar-refractivity contribution is 0.220. The lowest BCUT2D eigenvalue weighted by Crippen LogP contribution is -2.31. The first-order valence-electron chi connectivity index (χ1n) is 6.24. The van der Waals surface area contributed by atoms with Gasteiger partial charge in [-0.25, -0.2) is 9.18 Å². The Hall–Kier alpha value is -2.43. The lowest BCUT2D eigenvalue weighted by Gasteiger charge is -2.18. The zero-order chi connectivity index (χ0) is 14.5. The number of aryl methyl sites for hydroxylation is 1. The standard InChI is InChI=1S/C15H16FN3O/c1-11-6-7-12(16)9-14(11)18-15(20)19(2)10-13-5-3-4-8-17-13/h3-9H,10H2,1-2H3,(H,18,20).